The molecule has 0 aliphatic rings. The van der Waals surface area contributed by atoms with Gasteiger partial charge in [-0.05, 0) is 34.5 Å². The summed E-state index contributed by atoms with van der Waals surface area (Å²) in [6.45, 7) is 1.28. The average Bonchev–Trinajstić information content (AvgIpc) is 2.76. The van der Waals surface area contributed by atoms with Gasteiger partial charge in [0.15, 0.2) is 15.8 Å². The highest BCUT2D eigenvalue weighted by Gasteiger charge is 2.49. The maximum Gasteiger partial charge on any atom is 0.534 e. The van der Waals surface area contributed by atoms with Crippen molar-refractivity contribution in [1.82, 2.24) is 4.98 Å². The van der Waals surface area contributed by atoms with Crippen LogP contribution in [0.3, 0.4) is 0 Å². The summed E-state index contributed by atoms with van der Waals surface area (Å²) in [5.74, 6) is -2.70. The lowest BCUT2D eigenvalue weighted by Gasteiger charge is -2.17. The summed E-state index contributed by atoms with van der Waals surface area (Å²) in [5, 5.41) is 18.7. The van der Waals surface area contributed by atoms with Crippen molar-refractivity contribution in [1.29, 1.82) is 0 Å². The van der Waals surface area contributed by atoms with Crippen molar-refractivity contribution >= 4 is 53.6 Å². The summed E-state index contributed by atoms with van der Waals surface area (Å²) in [6.07, 6.45) is -2.28. The van der Waals surface area contributed by atoms with Gasteiger partial charge in [0.05, 0.1) is 10.2 Å². The molecule has 1 aromatic carbocycles. The zero-order valence-electron chi connectivity index (χ0n) is 11.5. The SMILES string of the molecule is Cc1cc2nc(Br)sc2c(OS(=O)(=O)C(F)(F)F)c1[C@H](O)C(=O)O. The number of hydrogen-bond donors (Lipinski definition) is 2. The second-order valence-electron chi connectivity index (χ2n) is 4.48. The number of aryl methyl sites for hydroxylation is 1. The largest absolute Gasteiger partial charge is 0.534 e. The molecular weight excluding hydrogens is 443 g/mol. The third-order valence-electron chi connectivity index (χ3n) is 2.84. The molecule has 1 atom stereocenters. The number of aliphatic hydroxyl groups excluding tert-OH is 1. The first kappa shape index (κ1) is 18.9. The second-order valence-corrected chi connectivity index (χ2v) is 8.29. The van der Waals surface area contributed by atoms with Crippen molar-refractivity contribution in [2.75, 3.05) is 0 Å². The van der Waals surface area contributed by atoms with Gasteiger partial charge < -0.3 is 14.4 Å². The first-order valence-corrected chi connectivity index (χ1v) is 8.88. The Morgan fingerprint density at radius 2 is 2.04 bits per heavy atom. The smallest absolute Gasteiger partial charge is 0.479 e. The van der Waals surface area contributed by atoms with Crippen LogP contribution in [-0.2, 0) is 14.9 Å². The fraction of sp³-hybridized carbons (Fsp3) is 0.273. The van der Waals surface area contributed by atoms with Gasteiger partial charge in [0.25, 0.3) is 0 Å². The van der Waals surface area contributed by atoms with Crippen LogP contribution < -0.4 is 4.18 Å². The summed E-state index contributed by atoms with van der Waals surface area (Å²) in [6, 6.07) is 1.30. The van der Waals surface area contributed by atoms with Crippen molar-refractivity contribution in [2.24, 2.45) is 0 Å². The van der Waals surface area contributed by atoms with E-state index in [9.17, 15) is 31.5 Å². The standard InChI is InChI=1S/C11H7BrF3NO6S2/c1-3-2-4-8(23-10(12)16-4)7(5(3)6(17)9(18)19)22-24(20,21)11(13,14)15/h2,6,17H,1H3,(H,18,19)/t6-/m0/s1. The molecule has 0 unspecified atom stereocenters. The van der Waals surface area contributed by atoms with Crippen LogP contribution in [0.5, 0.6) is 5.75 Å². The molecule has 24 heavy (non-hydrogen) atoms. The van der Waals surface area contributed by atoms with Gasteiger partial charge in [-0.1, -0.05) is 0 Å². The molecule has 0 saturated carbocycles. The monoisotopic (exact) mass is 449 g/mol. The summed E-state index contributed by atoms with van der Waals surface area (Å²) < 4.78 is 64.7. The Morgan fingerprint density at radius 3 is 2.54 bits per heavy atom. The minimum Gasteiger partial charge on any atom is -0.479 e. The molecule has 0 aliphatic heterocycles. The van der Waals surface area contributed by atoms with Crippen LogP contribution in [0.25, 0.3) is 10.2 Å². The van der Waals surface area contributed by atoms with Crippen molar-refractivity contribution in [3.63, 3.8) is 0 Å². The number of alkyl halides is 3. The van der Waals surface area contributed by atoms with Crippen molar-refractivity contribution in [3.8, 4) is 5.75 Å². The average molecular weight is 450 g/mol. The molecule has 0 spiro atoms. The number of halogens is 4. The van der Waals surface area contributed by atoms with E-state index in [1.807, 2.05) is 0 Å². The molecule has 0 radical (unpaired) electrons. The topological polar surface area (TPSA) is 114 Å². The van der Waals surface area contributed by atoms with E-state index in [0.29, 0.717) is 0 Å². The minimum atomic E-state index is -6.07. The molecule has 0 fully saturated rings. The van der Waals surface area contributed by atoms with Crippen molar-refractivity contribution < 1.29 is 40.8 Å². The number of thiazole rings is 1. The number of fused-ring (bicyclic) bond motifs is 1. The van der Waals surface area contributed by atoms with Gasteiger partial charge in [0, 0.05) is 5.56 Å². The van der Waals surface area contributed by atoms with Gasteiger partial charge in [-0.3, -0.25) is 0 Å². The lowest BCUT2D eigenvalue weighted by atomic mass is 10.0. The van der Waals surface area contributed by atoms with E-state index < -0.39 is 39.0 Å². The van der Waals surface area contributed by atoms with Gasteiger partial charge in [0.2, 0.25) is 0 Å². The third kappa shape index (κ3) is 3.34. The van der Waals surface area contributed by atoms with Crippen molar-refractivity contribution in [3.05, 3.63) is 21.1 Å². The Kier molecular flexibility index (Phi) is 4.82. The number of aliphatic hydroxyl groups is 1. The van der Waals surface area contributed by atoms with Crippen LogP contribution in [0.15, 0.2) is 9.98 Å². The zero-order chi connectivity index (χ0) is 18.4. The summed E-state index contributed by atoms with van der Waals surface area (Å²) in [7, 11) is -6.07. The Morgan fingerprint density at radius 1 is 1.46 bits per heavy atom. The van der Waals surface area contributed by atoms with Gasteiger partial charge in [-0.2, -0.15) is 21.6 Å². The Balaban J connectivity index is 2.81. The normalized spacial score (nSPS) is 13.9. The van der Waals surface area contributed by atoms with E-state index in [2.05, 4.69) is 25.1 Å². The Labute approximate surface area is 144 Å². The molecule has 0 aliphatic carbocycles. The van der Waals surface area contributed by atoms with E-state index in [1.165, 1.54) is 13.0 Å². The molecule has 2 rings (SSSR count). The highest BCUT2D eigenvalue weighted by molar-refractivity contribution is 9.11. The summed E-state index contributed by atoms with van der Waals surface area (Å²) in [5.41, 5.74) is -6.24. The van der Waals surface area contributed by atoms with E-state index in [0.717, 1.165) is 11.3 Å². The molecule has 2 N–H and O–H groups in total. The summed E-state index contributed by atoms with van der Waals surface area (Å²) in [4.78, 5) is 14.9. The fourth-order valence-electron chi connectivity index (χ4n) is 1.85. The van der Waals surface area contributed by atoms with Crippen molar-refractivity contribution in [2.45, 2.75) is 18.5 Å². The number of nitrogens with zero attached hydrogens (tertiary/aromatic N) is 1. The van der Waals surface area contributed by atoms with Crippen LogP contribution in [0.4, 0.5) is 13.2 Å². The number of aromatic nitrogens is 1. The fourth-order valence-corrected chi connectivity index (χ4v) is 3.83. The van der Waals surface area contributed by atoms with E-state index in [-0.39, 0.29) is 19.7 Å². The Hall–Kier alpha value is -1.44. The van der Waals surface area contributed by atoms with Gasteiger partial charge in [-0.25, -0.2) is 9.78 Å². The maximum atomic E-state index is 12.6. The van der Waals surface area contributed by atoms with Crippen LogP contribution in [-0.4, -0.2) is 35.1 Å². The van der Waals surface area contributed by atoms with Gasteiger partial charge in [0.1, 0.15) is 0 Å². The molecule has 132 valence electrons. The number of carboxylic acids is 1. The maximum absolute atomic E-state index is 12.6. The molecule has 0 bridgehead atoms. The molecule has 1 aromatic heterocycles. The molecule has 7 nitrogen and oxygen atoms in total. The number of benzene rings is 1. The number of carbonyl (C=O) groups is 1. The van der Waals surface area contributed by atoms with E-state index in [1.54, 1.807) is 0 Å². The molecule has 0 saturated heterocycles. The quantitative estimate of drug-likeness (QED) is 0.544. The highest BCUT2D eigenvalue weighted by atomic mass is 79.9. The number of rotatable bonds is 4. The first-order chi connectivity index (χ1) is 10.8. The summed E-state index contributed by atoms with van der Waals surface area (Å²) >= 11 is 3.72. The van der Waals surface area contributed by atoms with Gasteiger partial charge in [-0.15, -0.1) is 11.3 Å². The first-order valence-electron chi connectivity index (χ1n) is 5.86. The molecule has 0 amide bonds. The van der Waals surface area contributed by atoms with E-state index in [4.69, 9.17) is 5.11 Å². The number of carboxylic acid groups (broad SMARTS) is 1. The van der Waals surface area contributed by atoms with Gasteiger partial charge >= 0.3 is 21.6 Å². The minimum absolute atomic E-state index is 0.00238. The predicted molar refractivity (Wildman–Crippen MR) is 80.3 cm³/mol. The molecule has 13 heteroatoms. The zero-order valence-corrected chi connectivity index (χ0v) is 14.7. The van der Waals surface area contributed by atoms with Crippen LogP contribution in [0, 0.1) is 6.92 Å². The van der Waals surface area contributed by atoms with Crippen LogP contribution in [0.2, 0.25) is 0 Å². The molecular formula is C11H7BrF3NO6S2. The lowest BCUT2D eigenvalue weighted by Crippen LogP contribution is -2.29. The predicted octanol–water partition coefficient (Wildman–Crippen LogP) is 2.71. The number of hydrogen-bond acceptors (Lipinski definition) is 7. The Bertz CT molecular complexity index is 924. The number of aliphatic carboxylic acids is 1. The van der Waals surface area contributed by atoms with Crippen LogP contribution in [0.1, 0.15) is 17.2 Å². The highest BCUT2D eigenvalue weighted by Crippen LogP contribution is 2.43. The molecule has 2 aromatic rings. The lowest BCUT2D eigenvalue weighted by molar-refractivity contribution is -0.147. The second kappa shape index (κ2) is 6.13. The van der Waals surface area contributed by atoms with E-state index >= 15 is 0 Å². The molecule has 1 heterocycles. The van der Waals surface area contributed by atoms with Crippen LogP contribution >= 0.6 is 27.3 Å². The third-order valence-corrected chi connectivity index (χ3v) is 5.31.